The molecule has 0 amide bonds. The van der Waals surface area contributed by atoms with E-state index in [0.29, 0.717) is 12.6 Å². The molecule has 0 saturated carbocycles. The normalized spacial score (nSPS) is 24.6. The third-order valence-electron chi connectivity index (χ3n) is 4.61. The maximum atomic E-state index is 6.10. The van der Waals surface area contributed by atoms with Crippen LogP contribution in [0.1, 0.15) is 38.3 Å². The molecule has 1 saturated heterocycles. The van der Waals surface area contributed by atoms with Gasteiger partial charge in [0.1, 0.15) is 11.5 Å². The lowest BCUT2D eigenvalue weighted by Gasteiger charge is -2.42. The van der Waals surface area contributed by atoms with E-state index in [1.165, 1.54) is 12.8 Å². The summed E-state index contributed by atoms with van der Waals surface area (Å²) in [5, 5.41) is 0. The van der Waals surface area contributed by atoms with Gasteiger partial charge in [-0.25, -0.2) is 0 Å². The third-order valence-corrected chi connectivity index (χ3v) is 4.61. The number of methoxy groups -OCH3 is 2. The molecule has 0 spiro atoms. The Labute approximate surface area is 128 Å². The number of benzene rings is 1. The fourth-order valence-electron chi connectivity index (χ4n) is 3.42. The minimum absolute atomic E-state index is 0.202. The zero-order valence-corrected chi connectivity index (χ0v) is 13.6. The number of likely N-dealkylation sites (tertiary alicyclic amines) is 1. The van der Waals surface area contributed by atoms with Crippen LogP contribution in [-0.2, 0) is 0 Å². The van der Waals surface area contributed by atoms with Gasteiger partial charge in [0.15, 0.2) is 0 Å². The van der Waals surface area contributed by atoms with E-state index in [1.807, 2.05) is 12.1 Å². The number of hydrogen-bond donors (Lipinski definition) is 1. The molecule has 3 unspecified atom stereocenters. The number of hydrogen-bond acceptors (Lipinski definition) is 4. The summed E-state index contributed by atoms with van der Waals surface area (Å²) in [4.78, 5) is 2.52. The second kappa shape index (κ2) is 7.14. The van der Waals surface area contributed by atoms with Gasteiger partial charge in [-0.15, -0.1) is 0 Å². The number of nitrogens with two attached hydrogens (primary N) is 1. The lowest BCUT2D eigenvalue weighted by Crippen LogP contribution is -2.45. The molecule has 2 rings (SSSR count). The first-order valence-electron chi connectivity index (χ1n) is 7.78. The molecule has 0 radical (unpaired) electrons. The monoisotopic (exact) mass is 292 g/mol. The van der Waals surface area contributed by atoms with Crippen molar-refractivity contribution in [3.05, 3.63) is 23.8 Å². The fourth-order valence-corrected chi connectivity index (χ4v) is 3.42. The smallest absolute Gasteiger partial charge is 0.127 e. The van der Waals surface area contributed by atoms with Crippen molar-refractivity contribution < 1.29 is 9.47 Å². The first-order chi connectivity index (χ1) is 10.1. The molecule has 1 aromatic rings. The van der Waals surface area contributed by atoms with Gasteiger partial charge in [-0.2, -0.15) is 0 Å². The van der Waals surface area contributed by atoms with Gasteiger partial charge in [-0.3, -0.25) is 4.90 Å². The molecule has 1 aromatic carbocycles. The molecule has 21 heavy (non-hydrogen) atoms. The van der Waals surface area contributed by atoms with Crippen LogP contribution in [0.4, 0.5) is 0 Å². The predicted molar refractivity (Wildman–Crippen MR) is 85.9 cm³/mol. The Kier molecular flexibility index (Phi) is 5.48. The Morgan fingerprint density at radius 3 is 2.62 bits per heavy atom. The maximum Gasteiger partial charge on any atom is 0.127 e. The SMILES string of the molecule is COc1ccc(C(CN)N2CCC(C)CC2C)c(OC)c1. The van der Waals surface area contributed by atoms with E-state index >= 15 is 0 Å². The lowest BCUT2D eigenvalue weighted by atomic mass is 9.90. The van der Waals surface area contributed by atoms with E-state index in [0.717, 1.165) is 29.5 Å². The van der Waals surface area contributed by atoms with Crippen LogP contribution in [0.2, 0.25) is 0 Å². The maximum absolute atomic E-state index is 6.10. The molecule has 1 aliphatic rings. The highest BCUT2D eigenvalue weighted by Gasteiger charge is 2.30. The Balaban J connectivity index is 2.28. The van der Waals surface area contributed by atoms with E-state index in [4.69, 9.17) is 15.2 Å². The molecule has 0 aromatic heterocycles. The van der Waals surface area contributed by atoms with E-state index < -0.39 is 0 Å². The number of rotatable bonds is 5. The highest BCUT2D eigenvalue weighted by atomic mass is 16.5. The quantitative estimate of drug-likeness (QED) is 0.906. The largest absolute Gasteiger partial charge is 0.497 e. The molecule has 118 valence electrons. The van der Waals surface area contributed by atoms with Crippen molar-refractivity contribution in [2.75, 3.05) is 27.3 Å². The van der Waals surface area contributed by atoms with Gasteiger partial charge in [0.05, 0.1) is 20.3 Å². The highest BCUT2D eigenvalue weighted by Crippen LogP contribution is 2.36. The molecule has 4 nitrogen and oxygen atoms in total. The molecule has 1 heterocycles. The topological polar surface area (TPSA) is 47.7 Å². The standard InChI is InChI=1S/C17H28N2O2/c1-12-7-8-19(13(2)9-12)16(11-18)15-6-5-14(20-3)10-17(15)21-4/h5-6,10,12-13,16H,7-9,11,18H2,1-4H3. The first-order valence-corrected chi connectivity index (χ1v) is 7.78. The van der Waals surface area contributed by atoms with Gasteiger partial charge in [-0.1, -0.05) is 13.0 Å². The van der Waals surface area contributed by atoms with Gasteiger partial charge in [0.2, 0.25) is 0 Å². The lowest BCUT2D eigenvalue weighted by molar-refractivity contribution is 0.0834. The highest BCUT2D eigenvalue weighted by molar-refractivity contribution is 5.42. The Bertz CT molecular complexity index is 464. The molecule has 0 aliphatic carbocycles. The van der Waals surface area contributed by atoms with Crippen molar-refractivity contribution in [3.8, 4) is 11.5 Å². The van der Waals surface area contributed by atoms with Crippen LogP contribution in [0.3, 0.4) is 0 Å². The van der Waals surface area contributed by atoms with Crippen LogP contribution in [0.5, 0.6) is 11.5 Å². The molecular formula is C17H28N2O2. The van der Waals surface area contributed by atoms with Gasteiger partial charge in [0, 0.05) is 24.2 Å². The van der Waals surface area contributed by atoms with E-state index in [-0.39, 0.29) is 6.04 Å². The van der Waals surface area contributed by atoms with Crippen molar-refractivity contribution in [2.45, 2.75) is 38.8 Å². The molecule has 1 fully saturated rings. The van der Waals surface area contributed by atoms with Crippen LogP contribution >= 0.6 is 0 Å². The van der Waals surface area contributed by atoms with E-state index in [9.17, 15) is 0 Å². The van der Waals surface area contributed by atoms with Gasteiger partial charge >= 0.3 is 0 Å². The summed E-state index contributed by atoms with van der Waals surface area (Å²) in [5.41, 5.74) is 7.25. The Morgan fingerprint density at radius 2 is 2.05 bits per heavy atom. The summed E-state index contributed by atoms with van der Waals surface area (Å²) in [6, 6.07) is 6.76. The van der Waals surface area contributed by atoms with E-state index in [1.54, 1.807) is 14.2 Å². The third kappa shape index (κ3) is 3.50. The zero-order valence-electron chi connectivity index (χ0n) is 13.6. The molecule has 0 bridgehead atoms. The van der Waals surface area contributed by atoms with Crippen molar-refractivity contribution in [3.63, 3.8) is 0 Å². The van der Waals surface area contributed by atoms with Crippen molar-refractivity contribution in [1.29, 1.82) is 0 Å². The van der Waals surface area contributed by atoms with Crippen molar-refractivity contribution in [2.24, 2.45) is 11.7 Å². The summed E-state index contributed by atoms with van der Waals surface area (Å²) in [7, 11) is 3.37. The molecule has 2 N–H and O–H groups in total. The summed E-state index contributed by atoms with van der Waals surface area (Å²) in [5.74, 6) is 2.47. The first kappa shape index (κ1) is 16.1. The average Bonchev–Trinajstić information content (AvgIpc) is 2.50. The van der Waals surface area contributed by atoms with E-state index in [2.05, 4.69) is 24.8 Å². The summed E-state index contributed by atoms with van der Waals surface area (Å²) >= 11 is 0. The summed E-state index contributed by atoms with van der Waals surface area (Å²) < 4.78 is 10.8. The molecule has 1 aliphatic heterocycles. The van der Waals surface area contributed by atoms with Crippen LogP contribution in [0.25, 0.3) is 0 Å². The predicted octanol–water partition coefficient (Wildman–Crippen LogP) is 2.82. The van der Waals surface area contributed by atoms with Crippen molar-refractivity contribution >= 4 is 0 Å². The minimum atomic E-state index is 0.202. The van der Waals surface area contributed by atoms with Crippen LogP contribution in [0.15, 0.2) is 18.2 Å². The van der Waals surface area contributed by atoms with Crippen molar-refractivity contribution in [1.82, 2.24) is 4.90 Å². The molecule has 3 atom stereocenters. The molecular weight excluding hydrogens is 264 g/mol. The van der Waals surface area contributed by atoms with Gasteiger partial charge in [0.25, 0.3) is 0 Å². The van der Waals surface area contributed by atoms with Gasteiger partial charge < -0.3 is 15.2 Å². The Hall–Kier alpha value is -1.26. The van der Waals surface area contributed by atoms with Gasteiger partial charge in [-0.05, 0) is 38.3 Å². The summed E-state index contributed by atoms with van der Waals surface area (Å²) in [6.45, 7) is 6.33. The number of nitrogens with zero attached hydrogens (tertiary/aromatic N) is 1. The Morgan fingerprint density at radius 1 is 1.29 bits per heavy atom. The fraction of sp³-hybridized carbons (Fsp3) is 0.647. The summed E-state index contributed by atoms with van der Waals surface area (Å²) in [6.07, 6.45) is 2.47. The average molecular weight is 292 g/mol. The number of ether oxygens (including phenoxy) is 2. The minimum Gasteiger partial charge on any atom is -0.497 e. The van der Waals surface area contributed by atoms with Crippen LogP contribution in [-0.4, -0.2) is 38.3 Å². The van der Waals surface area contributed by atoms with Crippen LogP contribution in [0, 0.1) is 5.92 Å². The second-order valence-electron chi connectivity index (χ2n) is 6.08. The van der Waals surface area contributed by atoms with Crippen LogP contribution < -0.4 is 15.2 Å². The molecule has 4 heteroatoms. The second-order valence-corrected chi connectivity index (χ2v) is 6.08. The number of piperidine rings is 1. The zero-order chi connectivity index (χ0) is 15.4.